The Kier molecular flexibility index (Phi) is 6.93. The standard InChI is InChI=1S/C30H29N5O3S/c1-18-15-24(30(2,3)4)28(37)27(16-18)35-33-25-14-13-23(17-26(25)34-35)39-22-11-7-20(8-12-22)32-29(38)31-19-5-9-21(36)10-6-19/h5-17,36-37H,1-4H3,(H2,31,32,38). The smallest absolute Gasteiger partial charge is 0.323 e. The molecule has 5 rings (SSSR count). The minimum atomic E-state index is -0.371. The molecule has 0 spiro atoms. The lowest BCUT2D eigenvalue weighted by atomic mass is 9.85. The maximum absolute atomic E-state index is 12.3. The third-order valence-corrected chi connectivity index (χ3v) is 7.08. The zero-order valence-corrected chi connectivity index (χ0v) is 22.9. The molecule has 39 heavy (non-hydrogen) atoms. The first-order valence-electron chi connectivity index (χ1n) is 12.4. The van der Waals surface area contributed by atoms with Gasteiger partial charge in [0, 0.05) is 26.7 Å². The number of rotatable bonds is 5. The van der Waals surface area contributed by atoms with Crippen molar-refractivity contribution in [2.75, 3.05) is 10.6 Å². The highest BCUT2D eigenvalue weighted by Gasteiger charge is 2.22. The first-order chi connectivity index (χ1) is 18.5. The lowest BCUT2D eigenvalue weighted by Crippen LogP contribution is -2.19. The SMILES string of the molecule is Cc1cc(-n2nc3ccc(Sc4ccc(NC(=O)Nc5ccc(O)cc5)cc4)cc3n2)c(O)c(C(C)(C)C)c1. The van der Waals surface area contributed by atoms with E-state index in [2.05, 4.69) is 41.6 Å². The number of hydrogen-bond donors (Lipinski definition) is 4. The number of urea groups is 1. The summed E-state index contributed by atoms with van der Waals surface area (Å²) >= 11 is 1.57. The van der Waals surface area contributed by atoms with Crippen LogP contribution in [0.25, 0.3) is 16.7 Å². The number of nitrogens with one attached hydrogen (secondary N) is 2. The summed E-state index contributed by atoms with van der Waals surface area (Å²) in [6.07, 6.45) is 0. The molecule has 0 aliphatic rings. The van der Waals surface area contributed by atoms with Crippen molar-refractivity contribution in [1.29, 1.82) is 0 Å². The van der Waals surface area contributed by atoms with Gasteiger partial charge < -0.3 is 20.8 Å². The van der Waals surface area contributed by atoms with Gasteiger partial charge in [0.05, 0.1) is 0 Å². The molecule has 0 aliphatic heterocycles. The molecule has 0 saturated carbocycles. The van der Waals surface area contributed by atoms with E-state index in [4.69, 9.17) is 0 Å². The van der Waals surface area contributed by atoms with Gasteiger partial charge in [-0.1, -0.05) is 38.6 Å². The summed E-state index contributed by atoms with van der Waals surface area (Å²) in [5.74, 6) is 0.325. The van der Waals surface area contributed by atoms with Crippen LogP contribution in [0, 0.1) is 6.92 Å². The number of nitrogens with zero attached hydrogens (tertiary/aromatic N) is 3. The number of carbonyl (C=O) groups excluding carboxylic acids is 1. The monoisotopic (exact) mass is 539 g/mol. The Labute approximate surface area is 230 Å². The lowest BCUT2D eigenvalue weighted by molar-refractivity contribution is 0.262. The van der Waals surface area contributed by atoms with Gasteiger partial charge in [0.2, 0.25) is 0 Å². The summed E-state index contributed by atoms with van der Waals surface area (Å²) in [4.78, 5) is 15.7. The molecule has 2 amide bonds. The van der Waals surface area contributed by atoms with Crippen molar-refractivity contribution in [3.05, 3.63) is 90.0 Å². The maximum Gasteiger partial charge on any atom is 0.323 e. The minimum absolute atomic E-state index is 0.137. The molecule has 4 aromatic carbocycles. The van der Waals surface area contributed by atoms with Crippen LogP contribution in [-0.4, -0.2) is 31.2 Å². The number of aromatic nitrogens is 3. The van der Waals surface area contributed by atoms with Gasteiger partial charge in [0.15, 0.2) is 0 Å². The van der Waals surface area contributed by atoms with Crippen LogP contribution in [0.4, 0.5) is 16.2 Å². The molecule has 1 aromatic heterocycles. The number of benzene rings is 4. The molecule has 8 nitrogen and oxygen atoms in total. The number of anilines is 2. The Hall–Kier alpha value is -4.50. The normalized spacial score (nSPS) is 11.5. The molecule has 4 N–H and O–H groups in total. The topological polar surface area (TPSA) is 112 Å². The summed E-state index contributed by atoms with van der Waals surface area (Å²) in [5, 5.41) is 35.1. The van der Waals surface area contributed by atoms with E-state index in [1.807, 2.05) is 61.5 Å². The van der Waals surface area contributed by atoms with E-state index in [0.717, 1.165) is 32.0 Å². The number of phenols is 2. The number of aryl methyl sites for hydroxylation is 1. The van der Waals surface area contributed by atoms with E-state index in [-0.39, 0.29) is 22.9 Å². The molecule has 0 atom stereocenters. The highest BCUT2D eigenvalue weighted by atomic mass is 32.2. The molecule has 5 aromatic rings. The summed E-state index contributed by atoms with van der Waals surface area (Å²) in [5.41, 5.74) is 4.91. The van der Waals surface area contributed by atoms with Gasteiger partial charge in [-0.25, -0.2) is 4.79 Å². The van der Waals surface area contributed by atoms with Crippen LogP contribution in [0.1, 0.15) is 31.9 Å². The number of phenolic OH excluding ortho intramolecular Hbond substituents is 2. The van der Waals surface area contributed by atoms with E-state index in [9.17, 15) is 15.0 Å². The second kappa shape index (κ2) is 10.3. The van der Waals surface area contributed by atoms with Crippen molar-refractivity contribution in [3.8, 4) is 17.2 Å². The Morgan fingerprint density at radius 3 is 2.03 bits per heavy atom. The van der Waals surface area contributed by atoms with Gasteiger partial charge in [-0.2, -0.15) is 0 Å². The maximum atomic E-state index is 12.3. The highest BCUT2D eigenvalue weighted by Crippen LogP contribution is 2.36. The number of fused-ring (bicyclic) bond motifs is 1. The van der Waals surface area contributed by atoms with E-state index in [1.165, 1.54) is 16.9 Å². The molecule has 198 valence electrons. The molecule has 0 unspecified atom stereocenters. The molecule has 0 fully saturated rings. The molecule has 0 saturated heterocycles. The van der Waals surface area contributed by atoms with E-state index in [0.29, 0.717) is 17.1 Å². The lowest BCUT2D eigenvalue weighted by Gasteiger charge is -2.22. The van der Waals surface area contributed by atoms with Gasteiger partial charge in [-0.3, -0.25) is 0 Å². The van der Waals surface area contributed by atoms with Gasteiger partial charge in [0.25, 0.3) is 0 Å². The fraction of sp³-hybridized carbons (Fsp3) is 0.167. The van der Waals surface area contributed by atoms with E-state index in [1.54, 1.807) is 23.9 Å². The van der Waals surface area contributed by atoms with Crippen molar-refractivity contribution < 1.29 is 15.0 Å². The summed E-state index contributed by atoms with van der Waals surface area (Å²) in [7, 11) is 0. The van der Waals surface area contributed by atoms with Crippen LogP contribution in [-0.2, 0) is 5.41 Å². The number of carbonyl (C=O) groups is 1. The molecule has 9 heteroatoms. The summed E-state index contributed by atoms with van der Waals surface area (Å²) in [6, 6.07) is 23.2. The zero-order chi connectivity index (χ0) is 27.7. The second-order valence-electron chi connectivity index (χ2n) is 10.3. The predicted molar refractivity (Wildman–Crippen MR) is 155 cm³/mol. The summed E-state index contributed by atoms with van der Waals surface area (Å²) < 4.78 is 0. The molecular formula is C30H29N5O3S. The first kappa shape index (κ1) is 26.1. The Bertz CT molecular complexity index is 1660. The number of aromatic hydroxyl groups is 2. The van der Waals surface area contributed by atoms with Gasteiger partial charge in [0.1, 0.15) is 28.2 Å². The predicted octanol–water partition coefficient (Wildman–Crippen LogP) is 7.23. The number of amides is 2. The van der Waals surface area contributed by atoms with E-state index < -0.39 is 0 Å². The summed E-state index contributed by atoms with van der Waals surface area (Å²) in [6.45, 7) is 8.20. The molecule has 0 bridgehead atoms. The Morgan fingerprint density at radius 2 is 1.38 bits per heavy atom. The Balaban J connectivity index is 1.30. The fourth-order valence-electron chi connectivity index (χ4n) is 4.13. The van der Waals surface area contributed by atoms with Crippen molar-refractivity contribution in [2.24, 2.45) is 0 Å². The van der Waals surface area contributed by atoms with E-state index >= 15 is 0 Å². The molecule has 0 aliphatic carbocycles. The van der Waals surface area contributed by atoms with Crippen LogP contribution < -0.4 is 10.6 Å². The number of hydrogen-bond acceptors (Lipinski definition) is 6. The van der Waals surface area contributed by atoms with Crippen LogP contribution in [0.2, 0.25) is 0 Å². The van der Waals surface area contributed by atoms with Crippen molar-refractivity contribution in [3.63, 3.8) is 0 Å². The van der Waals surface area contributed by atoms with Crippen molar-refractivity contribution in [2.45, 2.75) is 42.9 Å². The third kappa shape index (κ3) is 5.99. The zero-order valence-electron chi connectivity index (χ0n) is 22.1. The molecular weight excluding hydrogens is 510 g/mol. The Morgan fingerprint density at radius 1 is 0.795 bits per heavy atom. The minimum Gasteiger partial charge on any atom is -0.508 e. The van der Waals surface area contributed by atoms with Crippen LogP contribution in [0.15, 0.2) is 88.7 Å². The molecule has 1 heterocycles. The quantitative estimate of drug-likeness (QED) is 0.175. The van der Waals surface area contributed by atoms with Crippen LogP contribution in [0.3, 0.4) is 0 Å². The van der Waals surface area contributed by atoms with Gasteiger partial charge in [-0.05, 0) is 90.7 Å². The highest BCUT2D eigenvalue weighted by molar-refractivity contribution is 7.99. The van der Waals surface area contributed by atoms with Gasteiger partial charge in [-0.15, -0.1) is 15.0 Å². The average molecular weight is 540 g/mol. The fourth-order valence-corrected chi connectivity index (χ4v) is 4.98. The first-order valence-corrected chi connectivity index (χ1v) is 13.2. The van der Waals surface area contributed by atoms with Gasteiger partial charge >= 0.3 is 6.03 Å². The third-order valence-electron chi connectivity index (χ3n) is 6.08. The van der Waals surface area contributed by atoms with Crippen molar-refractivity contribution >= 4 is 40.2 Å². The van der Waals surface area contributed by atoms with Crippen LogP contribution >= 0.6 is 11.8 Å². The largest absolute Gasteiger partial charge is 0.508 e. The second-order valence-corrected chi connectivity index (χ2v) is 11.5. The average Bonchev–Trinajstić information content (AvgIpc) is 3.30. The molecule has 0 radical (unpaired) electrons. The van der Waals surface area contributed by atoms with Crippen molar-refractivity contribution in [1.82, 2.24) is 15.0 Å². The van der Waals surface area contributed by atoms with Crippen LogP contribution in [0.5, 0.6) is 11.5 Å².